The molecule has 0 radical (unpaired) electrons. The van der Waals surface area contributed by atoms with E-state index in [1.165, 1.54) is 13.3 Å². The Balaban J connectivity index is 1.75. The Kier molecular flexibility index (Phi) is 8.50. The number of methoxy groups -OCH3 is 1. The van der Waals surface area contributed by atoms with E-state index in [2.05, 4.69) is 26.1 Å². The molecule has 7 nitrogen and oxygen atoms in total. The standard InChI is InChI=1S/C28H36FN4O3P/c1-4-21-24(37)8-7-17-12-20(35)13-18(25(17)21)14-23(29)26-22(15-30)27(32-28(31-26)36-3)33(2)9-5-6-16-10-19(34)11-16/h7-8,12-13,15-16,19,34-35H,4-6,9-11,14,30,37H2,1-3H3/b22-15+,26-23-. The number of aromatic nitrogens is 2. The number of rotatable bonds is 9. The number of phenols is 1. The molecule has 3 aromatic rings. The number of aryl methyl sites for hydroxylation is 1. The number of hydrogen-bond acceptors (Lipinski definition) is 7. The molecule has 2 aromatic carbocycles. The first kappa shape index (κ1) is 27.1. The van der Waals surface area contributed by atoms with Gasteiger partial charge in [-0.2, -0.15) is 9.97 Å². The maximum atomic E-state index is 16.0. The van der Waals surface area contributed by atoms with Crippen LogP contribution in [-0.4, -0.2) is 47.0 Å². The molecule has 0 aliphatic heterocycles. The molecule has 37 heavy (non-hydrogen) atoms. The Hall–Kier alpha value is -2.96. The molecule has 1 aliphatic rings. The molecule has 1 heterocycles. The Morgan fingerprint density at radius 2 is 2.05 bits per heavy atom. The summed E-state index contributed by atoms with van der Waals surface area (Å²) in [6.45, 7) is 2.76. The van der Waals surface area contributed by atoms with Crippen molar-refractivity contribution >= 4 is 43.2 Å². The van der Waals surface area contributed by atoms with Crippen LogP contribution >= 0.6 is 9.24 Å². The van der Waals surface area contributed by atoms with Crippen LogP contribution in [0.4, 0.5) is 10.2 Å². The predicted molar refractivity (Wildman–Crippen MR) is 150 cm³/mol. The van der Waals surface area contributed by atoms with E-state index >= 15 is 4.39 Å². The van der Waals surface area contributed by atoms with Crippen LogP contribution in [0.15, 0.2) is 24.3 Å². The molecule has 1 fully saturated rings. The minimum atomic E-state index is -0.487. The average Bonchev–Trinajstić information content (AvgIpc) is 2.86. The number of phenolic OH excluding ortho intramolecular Hbond substituents is 1. The summed E-state index contributed by atoms with van der Waals surface area (Å²) in [4.78, 5) is 10.7. The van der Waals surface area contributed by atoms with Gasteiger partial charge < -0.3 is 25.6 Å². The van der Waals surface area contributed by atoms with E-state index in [1.54, 1.807) is 12.1 Å². The number of nitrogens with two attached hydrogens (primary N) is 1. The van der Waals surface area contributed by atoms with Gasteiger partial charge in [0.1, 0.15) is 22.7 Å². The summed E-state index contributed by atoms with van der Waals surface area (Å²) >= 11 is 0. The molecule has 1 unspecified atom stereocenters. The van der Waals surface area contributed by atoms with Gasteiger partial charge in [-0.1, -0.05) is 19.1 Å². The van der Waals surface area contributed by atoms with E-state index in [-0.39, 0.29) is 29.6 Å². The number of halogens is 1. The second kappa shape index (κ2) is 11.6. The molecule has 0 saturated heterocycles. The summed E-state index contributed by atoms with van der Waals surface area (Å²) in [6, 6.07) is 7.29. The van der Waals surface area contributed by atoms with Gasteiger partial charge in [0.15, 0.2) is 0 Å². The number of anilines is 1. The highest BCUT2D eigenvalue weighted by atomic mass is 31.0. The zero-order valence-corrected chi connectivity index (χ0v) is 22.8. The van der Waals surface area contributed by atoms with Gasteiger partial charge in [-0.25, -0.2) is 4.39 Å². The van der Waals surface area contributed by atoms with Crippen LogP contribution in [0.5, 0.6) is 11.8 Å². The fourth-order valence-electron chi connectivity index (χ4n) is 5.24. The van der Waals surface area contributed by atoms with Gasteiger partial charge in [-0.15, -0.1) is 9.24 Å². The van der Waals surface area contributed by atoms with E-state index in [4.69, 9.17) is 10.5 Å². The number of hydrogen-bond donors (Lipinski definition) is 3. The van der Waals surface area contributed by atoms with Gasteiger partial charge in [0, 0.05) is 26.2 Å². The van der Waals surface area contributed by atoms with Crippen LogP contribution in [0.1, 0.15) is 43.7 Å². The van der Waals surface area contributed by atoms with Crippen LogP contribution in [0.2, 0.25) is 0 Å². The second-order valence-corrected chi connectivity index (χ2v) is 10.4. The quantitative estimate of drug-likeness (QED) is 0.368. The molecule has 4 N–H and O–H groups in total. The number of benzene rings is 2. The number of aliphatic hydroxyl groups excluding tert-OH is 1. The number of nitrogens with zero attached hydrogens (tertiary/aromatic N) is 3. The minimum Gasteiger partial charge on any atom is -0.508 e. The lowest BCUT2D eigenvalue weighted by atomic mass is 9.79. The normalized spacial score (nSPS) is 18.6. The third kappa shape index (κ3) is 5.81. The molecule has 198 valence electrons. The maximum Gasteiger partial charge on any atom is 0.318 e. The van der Waals surface area contributed by atoms with Crippen LogP contribution in [0, 0.1) is 5.92 Å². The number of ether oxygens (including phenoxy) is 1. The Bertz CT molecular complexity index is 1410. The van der Waals surface area contributed by atoms with Crippen molar-refractivity contribution in [2.75, 3.05) is 25.6 Å². The lowest BCUT2D eigenvalue weighted by Gasteiger charge is -2.31. The van der Waals surface area contributed by atoms with Crippen LogP contribution < -0.4 is 31.2 Å². The summed E-state index contributed by atoms with van der Waals surface area (Å²) in [5, 5.41) is 23.2. The molecular formula is C28H36FN4O3P. The topological polar surface area (TPSA) is 105 Å². The second-order valence-electron chi connectivity index (χ2n) is 9.79. The van der Waals surface area contributed by atoms with E-state index < -0.39 is 5.83 Å². The molecule has 1 atom stereocenters. The Labute approximate surface area is 219 Å². The molecule has 1 aliphatic carbocycles. The predicted octanol–water partition coefficient (Wildman–Crippen LogP) is 2.41. The van der Waals surface area contributed by atoms with Crippen molar-refractivity contribution in [2.45, 2.75) is 51.6 Å². The molecule has 4 rings (SSSR count). The number of fused-ring (bicyclic) bond motifs is 1. The van der Waals surface area contributed by atoms with Gasteiger partial charge in [0.05, 0.1) is 18.4 Å². The largest absolute Gasteiger partial charge is 0.508 e. The van der Waals surface area contributed by atoms with Gasteiger partial charge in [-0.05, 0) is 77.4 Å². The smallest absolute Gasteiger partial charge is 0.318 e. The van der Waals surface area contributed by atoms with Crippen LogP contribution in [-0.2, 0) is 12.8 Å². The average molecular weight is 527 g/mol. The third-order valence-electron chi connectivity index (χ3n) is 7.22. The molecule has 1 saturated carbocycles. The highest BCUT2D eigenvalue weighted by Gasteiger charge is 2.26. The zero-order chi connectivity index (χ0) is 26.7. The fourth-order valence-corrected chi connectivity index (χ4v) is 5.69. The molecule has 1 aromatic heterocycles. The summed E-state index contributed by atoms with van der Waals surface area (Å²) < 4.78 is 21.4. The van der Waals surface area contributed by atoms with Crippen molar-refractivity contribution in [2.24, 2.45) is 11.7 Å². The van der Waals surface area contributed by atoms with E-state index in [1.807, 2.05) is 24.1 Å². The third-order valence-corrected chi connectivity index (χ3v) is 7.76. The highest BCUT2D eigenvalue weighted by molar-refractivity contribution is 7.27. The molecule has 0 bridgehead atoms. The zero-order valence-electron chi connectivity index (χ0n) is 21.7. The lowest BCUT2D eigenvalue weighted by Crippen LogP contribution is -2.39. The monoisotopic (exact) mass is 526 g/mol. The maximum absolute atomic E-state index is 16.0. The molecule has 9 heteroatoms. The first-order valence-electron chi connectivity index (χ1n) is 12.7. The molecule has 0 amide bonds. The number of aromatic hydroxyl groups is 1. The van der Waals surface area contributed by atoms with E-state index in [9.17, 15) is 10.2 Å². The summed E-state index contributed by atoms with van der Waals surface area (Å²) in [5.74, 6) is 0.644. The van der Waals surface area contributed by atoms with Gasteiger partial charge >= 0.3 is 6.01 Å². The summed E-state index contributed by atoms with van der Waals surface area (Å²) in [5.41, 5.74) is 7.76. The Morgan fingerprint density at radius 3 is 2.70 bits per heavy atom. The van der Waals surface area contributed by atoms with Crippen molar-refractivity contribution in [3.63, 3.8) is 0 Å². The van der Waals surface area contributed by atoms with Gasteiger partial charge in [-0.3, -0.25) is 0 Å². The molecular weight excluding hydrogens is 490 g/mol. The van der Waals surface area contributed by atoms with Crippen molar-refractivity contribution < 1.29 is 19.3 Å². The van der Waals surface area contributed by atoms with Crippen molar-refractivity contribution in [1.29, 1.82) is 0 Å². The van der Waals surface area contributed by atoms with Crippen LogP contribution in [0.25, 0.3) is 22.8 Å². The van der Waals surface area contributed by atoms with Gasteiger partial charge in [0.25, 0.3) is 0 Å². The summed E-state index contributed by atoms with van der Waals surface area (Å²) in [7, 11) is 6.08. The van der Waals surface area contributed by atoms with Crippen molar-refractivity contribution in [3.8, 4) is 11.8 Å². The van der Waals surface area contributed by atoms with E-state index in [0.717, 1.165) is 53.7 Å². The van der Waals surface area contributed by atoms with Gasteiger partial charge in [0.2, 0.25) is 0 Å². The van der Waals surface area contributed by atoms with Crippen molar-refractivity contribution in [3.05, 3.63) is 46.0 Å². The highest BCUT2D eigenvalue weighted by Crippen LogP contribution is 2.31. The number of aliphatic hydroxyl groups is 1. The summed E-state index contributed by atoms with van der Waals surface area (Å²) in [6.07, 6.45) is 5.53. The first-order valence-corrected chi connectivity index (χ1v) is 13.3. The molecule has 0 spiro atoms. The lowest BCUT2D eigenvalue weighted by molar-refractivity contribution is 0.0386. The van der Waals surface area contributed by atoms with E-state index in [0.29, 0.717) is 29.1 Å². The van der Waals surface area contributed by atoms with Crippen LogP contribution in [0.3, 0.4) is 0 Å². The minimum absolute atomic E-state index is 0.0574. The Morgan fingerprint density at radius 1 is 1.30 bits per heavy atom. The first-order chi connectivity index (χ1) is 17.7. The fraction of sp³-hybridized carbons (Fsp3) is 0.429. The van der Waals surface area contributed by atoms with Crippen molar-refractivity contribution in [1.82, 2.24) is 9.97 Å². The SMILES string of the molecule is CCc1c(P)ccc2cc(O)cc(C/C(F)=c3/nc(OC)nc(N(C)CCCC4CC(O)C4)/c3=C/N)c12.